The Labute approximate surface area is 116 Å². The molecule has 1 aliphatic rings. The molecule has 0 saturated heterocycles. The minimum absolute atomic E-state index is 0.532. The first-order valence-corrected chi connectivity index (χ1v) is 6.63. The first kappa shape index (κ1) is 12.4. The van der Waals surface area contributed by atoms with Gasteiger partial charge in [0.05, 0.1) is 17.4 Å². The highest BCUT2D eigenvalue weighted by Crippen LogP contribution is 2.25. The maximum Gasteiger partial charge on any atom is 0.219 e. The minimum atomic E-state index is 0.532. The molecule has 0 bridgehead atoms. The summed E-state index contributed by atoms with van der Waals surface area (Å²) in [6, 6.07) is 2.51. The van der Waals surface area contributed by atoms with Gasteiger partial charge in [-0.25, -0.2) is 4.98 Å². The Balaban J connectivity index is 1.72. The van der Waals surface area contributed by atoms with Crippen LogP contribution in [0.4, 0.5) is 0 Å². The highest BCUT2D eigenvalue weighted by molar-refractivity contribution is 6.31. The number of nitrogens with zero attached hydrogens (tertiary/aromatic N) is 3. The zero-order valence-electron chi connectivity index (χ0n) is 10.6. The first-order valence-electron chi connectivity index (χ1n) is 6.25. The van der Waals surface area contributed by atoms with Crippen LogP contribution in [0, 0.1) is 0 Å². The van der Waals surface area contributed by atoms with Gasteiger partial charge >= 0.3 is 0 Å². The van der Waals surface area contributed by atoms with Crippen molar-refractivity contribution in [1.82, 2.24) is 20.1 Å². The maximum atomic E-state index is 6.13. The number of rotatable bonds is 5. The van der Waals surface area contributed by atoms with Gasteiger partial charge in [-0.3, -0.25) is 4.68 Å². The van der Waals surface area contributed by atoms with E-state index in [2.05, 4.69) is 15.4 Å². The van der Waals surface area contributed by atoms with E-state index in [1.54, 1.807) is 23.3 Å². The summed E-state index contributed by atoms with van der Waals surface area (Å²) in [6.45, 7) is 0.745. The number of pyridine rings is 1. The van der Waals surface area contributed by atoms with Crippen LogP contribution in [0.3, 0.4) is 0 Å². The summed E-state index contributed by atoms with van der Waals surface area (Å²) in [5, 5.41) is 8.13. The monoisotopic (exact) mass is 278 g/mol. The van der Waals surface area contributed by atoms with Crippen molar-refractivity contribution >= 4 is 11.6 Å². The SMILES string of the molecule is Cn1cc(Oc2cc(CNC3CC3)c(Cl)cn2)cn1. The van der Waals surface area contributed by atoms with Gasteiger partial charge in [0, 0.05) is 31.9 Å². The van der Waals surface area contributed by atoms with E-state index in [9.17, 15) is 0 Å². The van der Waals surface area contributed by atoms with Crippen molar-refractivity contribution in [1.29, 1.82) is 0 Å². The van der Waals surface area contributed by atoms with Crippen molar-refractivity contribution in [3.05, 3.63) is 35.2 Å². The van der Waals surface area contributed by atoms with Gasteiger partial charge in [-0.1, -0.05) is 11.6 Å². The molecule has 5 nitrogen and oxygen atoms in total. The minimum Gasteiger partial charge on any atom is -0.436 e. The second kappa shape index (κ2) is 5.19. The average Bonchev–Trinajstić information content (AvgIpc) is 3.13. The summed E-state index contributed by atoms with van der Waals surface area (Å²) in [6.07, 6.45) is 7.57. The van der Waals surface area contributed by atoms with Gasteiger partial charge in [0.2, 0.25) is 5.88 Å². The quantitative estimate of drug-likeness (QED) is 0.913. The molecule has 0 atom stereocenters. The summed E-state index contributed by atoms with van der Waals surface area (Å²) < 4.78 is 7.32. The number of aryl methyl sites for hydroxylation is 1. The average molecular weight is 279 g/mol. The van der Waals surface area contributed by atoms with Crippen molar-refractivity contribution in [2.24, 2.45) is 7.05 Å². The van der Waals surface area contributed by atoms with Crippen LogP contribution in [-0.4, -0.2) is 20.8 Å². The van der Waals surface area contributed by atoms with E-state index in [0.29, 0.717) is 22.7 Å². The topological polar surface area (TPSA) is 52.0 Å². The fourth-order valence-corrected chi connectivity index (χ4v) is 1.93. The molecular formula is C13H15ClN4O. The molecule has 2 aromatic heterocycles. The number of hydrogen-bond acceptors (Lipinski definition) is 4. The lowest BCUT2D eigenvalue weighted by Crippen LogP contribution is -2.15. The molecule has 19 heavy (non-hydrogen) atoms. The Morgan fingerprint density at radius 1 is 1.47 bits per heavy atom. The molecule has 2 heterocycles. The van der Waals surface area contributed by atoms with Crippen LogP contribution in [0.5, 0.6) is 11.6 Å². The normalized spacial score (nSPS) is 14.6. The summed E-state index contributed by atoms with van der Waals surface area (Å²) in [4.78, 5) is 4.17. The van der Waals surface area contributed by atoms with Crippen LogP contribution in [-0.2, 0) is 13.6 Å². The molecule has 1 aliphatic carbocycles. The fourth-order valence-electron chi connectivity index (χ4n) is 1.76. The van der Waals surface area contributed by atoms with Crippen molar-refractivity contribution in [3.63, 3.8) is 0 Å². The van der Waals surface area contributed by atoms with E-state index in [-0.39, 0.29) is 0 Å². The molecule has 0 aromatic carbocycles. The Bertz CT molecular complexity index is 580. The molecule has 0 amide bonds. The molecule has 0 aliphatic heterocycles. The summed E-state index contributed by atoms with van der Waals surface area (Å²) in [7, 11) is 1.84. The van der Waals surface area contributed by atoms with Gasteiger partial charge in [-0.2, -0.15) is 5.10 Å². The molecule has 0 unspecified atom stereocenters. The third-order valence-electron chi connectivity index (χ3n) is 2.97. The molecule has 1 fully saturated rings. The first-order chi connectivity index (χ1) is 9.20. The molecule has 100 valence electrons. The van der Waals surface area contributed by atoms with E-state index in [1.165, 1.54) is 12.8 Å². The van der Waals surface area contributed by atoms with Crippen molar-refractivity contribution in [3.8, 4) is 11.6 Å². The van der Waals surface area contributed by atoms with E-state index in [0.717, 1.165) is 12.1 Å². The lowest BCUT2D eigenvalue weighted by atomic mass is 10.2. The lowest BCUT2D eigenvalue weighted by molar-refractivity contribution is 0.461. The van der Waals surface area contributed by atoms with Gasteiger partial charge < -0.3 is 10.1 Å². The molecular weight excluding hydrogens is 264 g/mol. The summed E-state index contributed by atoms with van der Waals surface area (Å²) >= 11 is 6.13. The zero-order chi connectivity index (χ0) is 13.2. The Hall–Kier alpha value is -1.59. The van der Waals surface area contributed by atoms with Crippen molar-refractivity contribution < 1.29 is 4.74 Å². The van der Waals surface area contributed by atoms with E-state index >= 15 is 0 Å². The predicted molar refractivity (Wildman–Crippen MR) is 72.4 cm³/mol. The zero-order valence-corrected chi connectivity index (χ0v) is 11.4. The second-order valence-electron chi connectivity index (χ2n) is 4.72. The largest absolute Gasteiger partial charge is 0.436 e. The van der Waals surface area contributed by atoms with Crippen LogP contribution < -0.4 is 10.1 Å². The maximum absolute atomic E-state index is 6.13. The Morgan fingerprint density at radius 2 is 2.32 bits per heavy atom. The molecule has 2 aromatic rings. The molecule has 3 rings (SSSR count). The molecule has 0 radical (unpaired) electrons. The number of aromatic nitrogens is 3. The highest BCUT2D eigenvalue weighted by atomic mass is 35.5. The van der Waals surface area contributed by atoms with Gasteiger partial charge in [-0.05, 0) is 18.4 Å². The van der Waals surface area contributed by atoms with Crippen LogP contribution in [0.15, 0.2) is 24.7 Å². The lowest BCUT2D eigenvalue weighted by Gasteiger charge is -2.08. The molecule has 0 spiro atoms. The van der Waals surface area contributed by atoms with Gasteiger partial charge in [0.15, 0.2) is 5.75 Å². The fraction of sp³-hybridized carbons (Fsp3) is 0.385. The smallest absolute Gasteiger partial charge is 0.219 e. The Morgan fingerprint density at radius 3 is 3.00 bits per heavy atom. The molecule has 1 N–H and O–H groups in total. The molecule has 6 heteroatoms. The second-order valence-corrected chi connectivity index (χ2v) is 5.13. The number of halogens is 1. The highest BCUT2D eigenvalue weighted by Gasteiger charge is 2.20. The Kier molecular flexibility index (Phi) is 3.40. The van der Waals surface area contributed by atoms with Crippen LogP contribution in [0.1, 0.15) is 18.4 Å². The third kappa shape index (κ3) is 3.24. The van der Waals surface area contributed by atoms with Crippen LogP contribution in [0.2, 0.25) is 5.02 Å². The van der Waals surface area contributed by atoms with Gasteiger partial charge in [0.25, 0.3) is 0 Å². The number of nitrogens with one attached hydrogen (secondary N) is 1. The predicted octanol–water partition coefficient (Wildman–Crippen LogP) is 2.51. The summed E-state index contributed by atoms with van der Waals surface area (Å²) in [5.41, 5.74) is 1.00. The molecule has 1 saturated carbocycles. The van der Waals surface area contributed by atoms with Crippen molar-refractivity contribution in [2.75, 3.05) is 0 Å². The number of hydrogen-bond donors (Lipinski definition) is 1. The van der Waals surface area contributed by atoms with Gasteiger partial charge in [-0.15, -0.1) is 0 Å². The third-order valence-corrected chi connectivity index (χ3v) is 3.31. The van der Waals surface area contributed by atoms with Crippen molar-refractivity contribution in [2.45, 2.75) is 25.4 Å². The van der Waals surface area contributed by atoms with Gasteiger partial charge in [0.1, 0.15) is 0 Å². The van der Waals surface area contributed by atoms with Crippen LogP contribution >= 0.6 is 11.6 Å². The summed E-state index contributed by atoms with van der Waals surface area (Å²) in [5.74, 6) is 1.20. The number of ether oxygens (including phenoxy) is 1. The standard InChI is InChI=1S/C13H15ClN4O/c1-18-8-11(6-17-18)19-13-4-9(12(14)7-16-13)5-15-10-2-3-10/h4,6-8,10,15H,2-3,5H2,1H3. The van der Waals surface area contributed by atoms with E-state index < -0.39 is 0 Å². The van der Waals surface area contributed by atoms with E-state index in [1.807, 2.05) is 13.1 Å². The van der Waals surface area contributed by atoms with E-state index in [4.69, 9.17) is 16.3 Å². The van der Waals surface area contributed by atoms with Crippen LogP contribution in [0.25, 0.3) is 0 Å².